The Morgan fingerprint density at radius 3 is 2.54 bits per heavy atom. The molecule has 0 saturated carbocycles. The van der Waals surface area contributed by atoms with Crippen molar-refractivity contribution in [2.75, 3.05) is 26.7 Å². The van der Waals surface area contributed by atoms with E-state index < -0.39 is 12.1 Å². The van der Waals surface area contributed by atoms with Crippen LogP contribution >= 0.6 is 12.4 Å². The molecule has 1 heterocycles. The molecule has 0 radical (unpaired) electrons. The Morgan fingerprint density at radius 1 is 1.29 bits per heavy atom. The highest BCUT2D eigenvalue weighted by atomic mass is 35.5. The lowest BCUT2D eigenvalue weighted by Crippen LogP contribution is -2.56. The molecule has 2 rings (SSSR count). The molecule has 0 unspecified atom stereocenters. The third-order valence-electron chi connectivity index (χ3n) is 3.89. The molecular weight excluding hydrogens is 330 g/mol. The number of hydrogen-bond acceptors (Lipinski definition) is 4. The lowest BCUT2D eigenvalue weighted by Gasteiger charge is -2.42. The molecule has 0 bridgehead atoms. The first-order chi connectivity index (χ1) is 11.1. The molecule has 0 spiro atoms. The van der Waals surface area contributed by atoms with Crippen molar-refractivity contribution >= 4 is 24.2 Å². The van der Waals surface area contributed by atoms with Crippen molar-refractivity contribution in [1.29, 1.82) is 0 Å². The second-order valence-electron chi connectivity index (χ2n) is 5.88. The van der Waals surface area contributed by atoms with E-state index in [1.807, 2.05) is 51.2 Å². The maximum atomic E-state index is 12.5. The molecule has 1 saturated heterocycles. The lowest BCUT2D eigenvalue weighted by molar-refractivity contribution is -0.167. The summed E-state index contributed by atoms with van der Waals surface area (Å²) in [6.07, 6.45) is -0.700. The van der Waals surface area contributed by atoms with Crippen LogP contribution in [0.3, 0.4) is 0 Å². The quantitative estimate of drug-likeness (QED) is 0.750. The summed E-state index contributed by atoms with van der Waals surface area (Å²) in [6.45, 7) is 5.05. The fourth-order valence-corrected chi connectivity index (χ4v) is 2.85. The van der Waals surface area contributed by atoms with Crippen molar-refractivity contribution in [3.05, 3.63) is 35.9 Å². The van der Waals surface area contributed by atoms with Gasteiger partial charge in [0.25, 0.3) is 5.91 Å². The van der Waals surface area contributed by atoms with E-state index in [0.717, 1.165) is 5.56 Å². The molecule has 1 aliphatic rings. The number of ether oxygens (including phenoxy) is 1. The molecule has 2 amide bonds. The molecule has 1 fully saturated rings. The molecule has 6 nitrogen and oxygen atoms in total. The van der Waals surface area contributed by atoms with Gasteiger partial charge in [-0.15, -0.1) is 12.4 Å². The van der Waals surface area contributed by atoms with Crippen molar-refractivity contribution in [2.45, 2.75) is 32.0 Å². The third-order valence-corrected chi connectivity index (χ3v) is 3.89. The molecular formula is C17H26ClN3O3. The van der Waals surface area contributed by atoms with Gasteiger partial charge in [-0.2, -0.15) is 0 Å². The van der Waals surface area contributed by atoms with E-state index in [4.69, 9.17) is 4.74 Å². The second-order valence-corrected chi connectivity index (χ2v) is 5.88. The fraction of sp³-hybridized carbons (Fsp3) is 0.529. The number of halogens is 1. The topological polar surface area (TPSA) is 70.7 Å². The van der Waals surface area contributed by atoms with E-state index in [1.165, 1.54) is 0 Å². The Hall–Kier alpha value is -1.63. The van der Waals surface area contributed by atoms with E-state index in [1.54, 1.807) is 4.90 Å². The highest BCUT2D eigenvalue weighted by molar-refractivity contribution is 5.86. The SMILES string of the molecule is CNCCNC(=O)[C@H]1OCC(=O)N(C(C)C)[C@@H]1c1ccccc1.Cl. The Balaban J connectivity index is 0.00000288. The smallest absolute Gasteiger partial charge is 0.251 e. The monoisotopic (exact) mass is 355 g/mol. The van der Waals surface area contributed by atoms with Gasteiger partial charge in [-0.05, 0) is 26.5 Å². The fourth-order valence-electron chi connectivity index (χ4n) is 2.85. The highest BCUT2D eigenvalue weighted by Crippen LogP contribution is 2.32. The first-order valence-electron chi connectivity index (χ1n) is 7.96. The van der Waals surface area contributed by atoms with E-state index in [2.05, 4.69) is 10.6 Å². The number of morpholine rings is 1. The summed E-state index contributed by atoms with van der Waals surface area (Å²) in [4.78, 5) is 26.6. The van der Waals surface area contributed by atoms with Crippen LogP contribution in [-0.4, -0.2) is 55.6 Å². The van der Waals surface area contributed by atoms with Crippen molar-refractivity contribution < 1.29 is 14.3 Å². The summed E-state index contributed by atoms with van der Waals surface area (Å²) in [5.74, 6) is -0.277. The van der Waals surface area contributed by atoms with Crippen LogP contribution in [-0.2, 0) is 14.3 Å². The van der Waals surface area contributed by atoms with E-state index >= 15 is 0 Å². The minimum atomic E-state index is -0.700. The summed E-state index contributed by atoms with van der Waals surface area (Å²) in [5, 5.41) is 5.85. The molecule has 7 heteroatoms. The summed E-state index contributed by atoms with van der Waals surface area (Å²) in [7, 11) is 1.83. The highest BCUT2D eigenvalue weighted by Gasteiger charge is 2.42. The molecule has 1 aromatic carbocycles. The molecule has 2 N–H and O–H groups in total. The van der Waals surface area contributed by atoms with Gasteiger partial charge in [0, 0.05) is 19.1 Å². The molecule has 1 aromatic rings. The van der Waals surface area contributed by atoms with Crippen LogP contribution in [0.4, 0.5) is 0 Å². The number of amides is 2. The van der Waals surface area contributed by atoms with Crippen molar-refractivity contribution in [1.82, 2.24) is 15.5 Å². The van der Waals surface area contributed by atoms with Gasteiger partial charge < -0.3 is 20.3 Å². The zero-order chi connectivity index (χ0) is 16.8. The second kappa shape index (κ2) is 9.61. The Bertz CT molecular complexity index is 539. The Morgan fingerprint density at radius 2 is 1.96 bits per heavy atom. The predicted octanol–water partition coefficient (Wildman–Crippen LogP) is 1.12. The van der Waals surface area contributed by atoms with Gasteiger partial charge >= 0.3 is 0 Å². The number of carbonyl (C=O) groups is 2. The number of likely N-dealkylation sites (N-methyl/N-ethyl adjacent to an activating group) is 1. The maximum Gasteiger partial charge on any atom is 0.251 e. The van der Waals surface area contributed by atoms with Gasteiger partial charge in [0.05, 0.1) is 6.04 Å². The number of benzene rings is 1. The van der Waals surface area contributed by atoms with Gasteiger partial charge in [0.1, 0.15) is 6.61 Å². The summed E-state index contributed by atoms with van der Waals surface area (Å²) in [6, 6.07) is 9.16. The molecule has 24 heavy (non-hydrogen) atoms. The first-order valence-corrected chi connectivity index (χ1v) is 7.96. The molecule has 134 valence electrons. The van der Waals surface area contributed by atoms with Crippen LogP contribution in [0.1, 0.15) is 25.5 Å². The van der Waals surface area contributed by atoms with Crippen LogP contribution in [0.15, 0.2) is 30.3 Å². The first kappa shape index (κ1) is 20.4. The van der Waals surface area contributed by atoms with E-state index in [0.29, 0.717) is 13.1 Å². The predicted molar refractivity (Wildman–Crippen MR) is 95.1 cm³/mol. The number of nitrogens with one attached hydrogen (secondary N) is 2. The van der Waals surface area contributed by atoms with E-state index in [-0.39, 0.29) is 36.9 Å². The zero-order valence-corrected chi connectivity index (χ0v) is 15.1. The van der Waals surface area contributed by atoms with Crippen LogP contribution in [0.2, 0.25) is 0 Å². The number of hydrogen-bond donors (Lipinski definition) is 2. The van der Waals surface area contributed by atoms with Crippen molar-refractivity contribution in [3.8, 4) is 0 Å². The standard InChI is InChI=1S/C17H25N3O3.ClH/c1-12(2)20-14(21)11-23-16(17(22)19-10-9-18-3)15(20)13-7-5-4-6-8-13;/h4-8,12,15-16,18H,9-11H2,1-3H3,(H,19,22);1H/t15-,16+;/m1./s1. The van der Waals surface area contributed by atoms with Gasteiger partial charge in [0.2, 0.25) is 5.91 Å². The Labute approximate surface area is 149 Å². The van der Waals surface area contributed by atoms with Gasteiger partial charge in [-0.1, -0.05) is 30.3 Å². The maximum absolute atomic E-state index is 12.5. The lowest BCUT2D eigenvalue weighted by atomic mass is 9.96. The third kappa shape index (κ3) is 4.69. The largest absolute Gasteiger partial charge is 0.356 e. The zero-order valence-electron chi connectivity index (χ0n) is 14.3. The van der Waals surface area contributed by atoms with Crippen LogP contribution in [0.5, 0.6) is 0 Å². The van der Waals surface area contributed by atoms with Crippen LogP contribution in [0.25, 0.3) is 0 Å². The van der Waals surface area contributed by atoms with Gasteiger partial charge in [0.15, 0.2) is 6.10 Å². The average Bonchev–Trinajstić information content (AvgIpc) is 2.55. The van der Waals surface area contributed by atoms with Gasteiger partial charge in [-0.25, -0.2) is 0 Å². The number of nitrogens with zero attached hydrogens (tertiary/aromatic N) is 1. The minimum absolute atomic E-state index is 0. The molecule has 1 aliphatic heterocycles. The van der Waals surface area contributed by atoms with Crippen LogP contribution < -0.4 is 10.6 Å². The molecule has 2 atom stereocenters. The Kier molecular flexibility index (Phi) is 8.18. The normalized spacial score (nSPS) is 20.7. The summed E-state index contributed by atoms with van der Waals surface area (Å²) < 4.78 is 5.61. The van der Waals surface area contributed by atoms with Crippen molar-refractivity contribution in [3.63, 3.8) is 0 Å². The average molecular weight is 356 g/mol. The minimum Gasteiger partial charge on any atom is -0.356 e. The van der Waals surface area contributed by atoms with E-state index in [9.17, 15) is 9.59 Å². The summed E-state index contributed by atoms with van der Waals surface area (Å²) >= 11 is 0. The molecule has 0 aliphatic carbocycles. The number of rotatable bonds is 6. The van der Waals surface area contributed by atoms with Crippen LogP contribution in [0, 0.1) is 0 Å². The van der Waals surface area contributed by atoms with Gasteiger partial charge in [-0.3, -0.25) is 9.59 Å². The number of carbonyl (C=O) groups excluding carboxylic acids is 2. The molecule has 0 aromatic heterocycles. The van der Waals surface area contributed by atoms with Crippen molar-refractivity contribution in [2.24, 2.45) is 0 Å². The summed E-state index contributed by atoms with van der Waals surface area (Å²) in [5.41, 5.74) is 0.906.